The number of likely N-dealkylation sites (tertiary alicyclic amines) is 1. The number of hydrogen-bond donors (Lipinski definition) is 0. The molecule has 0 radical (unpaired) electrons. The van der Waals surface area contributed by atoms with E-state index in [4.69, 9.17) is 4.98 Å². The Morgan fingerprint density at radius 1 is 1.06 bits per heavy atom. The van der Waals surface area contributed by atoms with Gasteiger partial charge in [-0.2, -0.15) is 0 Å². The Bertz CT molecular complexity index is 953. The zero-order valence-corrected chi connectivity index (χ0v) is 20.3. The molecule has 0 N–H and O–H groups in total. The molecule has 2 aromatic heterocycles. The molecular formula is C25H37N5S. The van der Waals surface area contributed by atoms with E-state index in [2.05, 4.69) is 40.4 Å². The van der Waals surface area contributed by atoms with E-state index in [1.54, 1.807) is 0 Å². The Labute approximate surface area is 190 Å². The van der Waals surface area contributed by atoms with Crippen LogP contribution in [0.25, 0.3) is 0 Å². The van der Waals surface area contributed by atoms with Gasteiger partial charge < -0.3 is 4.57 Å². The van der Waals surface area contributed by atoms with Gasteiger partial charge in [-0.25, -0.2) is 4.98 Å². The number of aryl methyl sites for hydroxylation is 2. The predicted molar refractivity (Wildman–Crippen MR) is 124 cm³/mol. The van der Waals surface area contributed by atoms with E-state index >= 15 is 0 Å². The van der Waals surface area contributed by atoms with Crippen LogP contribution < -0.4 is 0 Å². The van der Waals surface area contributed by atoms with Gasteiger partial charge in [0.05, 0.1) is 18.3 Å². The second kappa shape index (κ2) is 7.38. The molecule has 7 rings (SSSR count). The highest BCUT2D eigenvalue weighted by molar-refractivity contribution is 7.11. The van der Waals surface area contributed by atoms with E-state index in [1.807, 2.05) is 11.3 Å². The summed E-state index contributed by atoms with van der Waals surface area (Å²) in [5.41, 5.74) is 2.54. The fourth-order valence-corrected chi connectivity index (χ4v) is 8.66. The third-order valence-corrected chi connectivity index (χ3v) is 9.42. The molecule has 168 valence electrons. The van der Waals surface area contributed by atoms with Gasteiger partial charge in [0.25, 0.3) is 0 Å². The third-order valence-electron chi connectivity index (χ3n) is 8.46. The molecule has 6 heteroatoms. The van der Waals surface area contributed by atoms with Crippen LogP contribution in [0.5, 0.6) is 0 Å². The molecular weight excluding hydrogens is 402 g/mol. The van der Waals surface area contributed by atoms with Crippen LogP contribution in [0.15, 0.2) is 0 Å². The van der Waals surface area contributed by atoms with Gasteiger partial charge in [-0.15, -0.1) is 21.5 Å². The van der Waals surface area contributed by atoms with Crippen LogP contribution in [0.3, 0.4) is 0 Å². The maximum atomic E-state index is 5.27. The lowest BCUT2D eigenvalue weighted by Gasteiger charge is -2.71. The van der Waals surface area contributed by atoms with Gasteiger partial charge in [0, 0.05) is 23.3 Å². The molecule has 31 heavy (non-hydrogen) atoms. The van der Waals surface area contributed by atoms with Crippen LogP contribution in [-0.4, -0.2) is 31.2 Å². The van der Waals surface area contributed by atoms with Crippen LogP contribution in [0.4, 0.5) is 0 Å². The largest absolute Gasteiger partial charge is 0.314 e. The summed E-state index contributed by atoms with van der Waals surface area (Å²) in [6.45, 7) is 10.3. The fourth-order valence-electron chi connectivity index (χ4n) is 7.58. The Balaban J connectivity index is 1.17. The Kier molecular flexibility index (Phi) is 4.84. The fraction of sp³-hybridized carbons (Fsp3) is 0.800. The van der Waals surface area contributed by atoms with Crippen molar-refractivity contribution in [3.05, 3.63) is 27.2 Å². The van der Waals surface area contributed by atoms with Gasteiger partial charge in [-0.1, -0.05) is 20.3 Å². The van der Waals surface area contributed by atoms with Crippen molar-refractivity contribution in [1.82, 2.24) is 24.6 Å². The third kappa shape index (κ3) is 3.31. The van der Waals surface area contributed by atoms with E-state index in [-0.39, 0.29) is 0 Å². The summed E-state index contributed by atoms with van der Waals surface area (Å²) in [5.74, 6) is 3.26. The van der Waals surface area contributed by atoms with Crippen molar-refractivity contribution < 1.29 is 0 Å². The first-order valence-corrected chi connectivity index (χ1v) is 13.4. The Morgan fingerprint density at radius 2 is 1.90 bits per heavy atom. The molecule has 5 nitrogen and oxygen atoms in total. The predicted octanol–water partition coefficient (Wildman–Crippen LogP) is 5.57. The SMILES string of the molecule is Cc1sc(CN2CCCC2c2nnc3n2CCCCC3)nc1C12CC(CC(C)C)(C1)C2. The summed E-state index contributed by atoms with van der Waals surface area (Å²) in [6, 6.07) is 0.413. The van der Waals surface area contributed by atoms with Crippen LogP contribution in [0.2, 0.25) is 0 Å². The van der Waals surface area contributed by atoms with Gasteiger partial charge in [-0.05, 0) is 76.2 Å². The quantitative estimate of drug-likeness (QED) is 0.590. The first-order chi connectivity index (χ1) is 15.0. The van der Waals surface area contributed by atoms with E-state index in [9.17, 15) is 0 Å². The smallest absolute Gasteiger partial charge is 0.150 e. The van der Waals surface area contributed by atoms with E-state index in [0.29, 0.717) is 16.9 Å². The van der Waals surface area contributed by atoms with Crippen molar-refractivity contribution in [3.8, 4) is 0 Å². The van der Waals surface area contributed by atoms with Gasteiger partial charge in [0.15, 0.2) is 0 Å². The molecule has 0 aromatic carbocycles. The van der Waals surface area contributed by atoms with Crippen molar-refractivity contribution >= 4 is 11.3 Å². The maximum absolute atomic E-state index is 5.27. The maximum Gasteiger partial charge on any atom is 0.150 e. The number of rotatable bonds is 6. The molecule has 2 bridgehead atoms. The van der Waals surface area contributed by atoms with E-state index < -0.39 is 0 Å². The van der Waals surface area contributed by atoms with E-state index in [0.717, 1.165) is 32.0 Å². The summed E-state index contributed by atoms with van der Waals surface area (Å²) >= 11 is 1.95. The molecule has 1 unspecified atom stereocenters. The molecule has 0 spiro atoms. The average Bonchev–Trinajstić information content (AvgIpc) is 3.32. The summed E-state index contributed by atoms with van der Waals surface area (Å²) in [5, 5.41) is 10.6. The Hall–Kier alpha value is -1.27. The molecule has 5 aliphatic rings. The van der Waals surface area contributed by atoms with Crippen molar-refractivity contribution in [2.45, 2.75) is 110 Å². The highest BCUT2D eigenvalue weighted by Gasteiger charge is 2.69. The minimum absolute atomic E-state index is 0.413. The number of aromatic nitrogens is 4. The molecule has 4 fully saturated rings. The van der Waals surface area contributed by atoms with Gasteiger partial charge in [0.1, 0.15) is 16.7 Å². The van der Waals surface area contributed by atoms with Crippen LogP contribution >= 0.6 is 11.3 Å². The zero-order valence-electron chi connectivity index (χ0n) is 19.5. The topological polar surface area (TPSA) is 46.8 Å². The monoisotopic (exact) mass is 439 g/mol. The zero-order chi connectivity index (χ0) is 21.2. The van der Waals surface area contributed by atoms with Crippen molar-refractivity contribution in [1.29, 1.82) is 0 Å². The van der Waals surface area contributed by atoms with Crippen molar-refractivity contribution in [3.63, 3.8) is 0 Å². The Morgan fingerprint density at radius 3 is 2.71 bits per heavy atom. The van der Waals surface area contributed by atoms with Crippen LogP contribution in [-0.2, 0) is 24.9 Å². The second-order valence-electron chi connectivity index (χ2n) is 11.5. The number of thiazole rings is 1. The second-order valence-corrected chi connectivity index (χ2v) is 12.8. The van der Waals surface area contributed by atoms with Crippen LogP contribution in [0.1, 0.15) is 105 Å². The molecule has 1 saturated heterocycles. The van der Waals surface area contributed by atoms with Gasteiger partial charge in [-0.3, -0.25) is 4.90 Å². The molecule has 0 amide bonds. The molecule has 3 saturated carbocycles. The summed E-state index contributed by atoms with van der Waals surface area (Å²) in [4.78, 5) is 9.37. The van der Waals surface area contributed by atoms with Crippen molar-refractivity contribution in [2.75, 3.05) is 6.54 Å². The van der Waals surface area contributed by atoms with E-state index in [1.165, 1.54) is 85.0 Å². The number of hydrogen-bond acceptors (Lipinski definition) is 5. The molecule has 4 heterocycles. The lowest BCUT2D eigenvalue weighted by Crippen LogP contribution is -2.65. The van der Waals surface area contributed by atoms with Gasteiger partial charge in [0.2, 0.25) is 0 Å². The summed E-state index contributed by atoms with van der Waals surface area (Å²) in [7, 11) is 0. The molecule has 2 aliphatic heterocycles. The first-order valence-electron chi connectivity index (χ1n) is 12.6. The minimum Gasteiger partial charge on any atom is -0.314 e. The molecule has 3 aliphatic carbocycles. The summed E-state index contributed by atoms with van der Waals surface area (Å²) < 4.78 is 2.45. The molecule has 1 atom stereocenters. The summed E-state index contributed by atoms with van der Waals surface area (Å²) in [6.07, 6.45) is 13.0. The standard InChI is InChI=1S/C25H37N5S/c1-17(2)12-24-14-25(15-24,16-24)22-18(3)31-21(26-22)13-29-10-7-8-19(29)23-28-27-20-9-5-4-6-11-30(20)23/h17,19H,4-16H2,1-3H3. The van der Waals surface area contributed by atoms with Crippen molar-refractivity contribution in [2.24, 2.45) is 11.3 Å². The normalized spacial score (nSPS) is 32.6. The lowest BCUT2D eigenvalue weighted by atomic mass is 9.33. The average molecular weight is 440 g/mol. The highest BCUT2D eigenvalue weighted by Crippen LogP contribution is 2.75. The lowest BCUT2D eigenvalue weighted by molar-refractivity contribution is -0.155. The minimum atomic E-state index is 0.413. The van der Waals surface area contributed by atoms with Crippen LogP contribution in [0, 0.1) is 18.3 Å². The number of fused-ring (bicyclic) bond motifs is 1. The molecule has 2 aromatic rings. The van der Waals surface area contributed by atoms with Gasteiger partial charge >= 0.3 is 0 Å². The first kappa shape index (κ1) is 20.3. The highest BCUT2D eigenvalue weighted by atomic mass is 32.1. The number of nitrogens with zero attached hydrogens (tertiary/aromatic N) is 5.